The molecule has 2 aliphatic rings. The van der Waals surface area contributed by atoms with Crippen molar-refractivity contribution in [3.63, 3.8) is 0 Å². The van der Waals surface area contributed by atoms with E-state index in [1.807, 2.05) is 4.90 Å². The SMILES string of the molecule is O=C(CCNCc1ccc(C2CC2)cc1)N1CCCCC1. The van der Waals surface area contributed by atoms with Crippen molar-refractivity contribution in [1.29, 1.82) is 0 Å². The molecule has 1 aromatic rings. The molecule has 1 aliphatic heterocycles. The van der Waals surface area contributed by atoms with E-state index in [0.717, 1.165) is 32.1 Å². The van der Waals surface area contributed by atoms with Gasteiger partial charge in [-0.3, -0.25) is 4.79 Å². The average molecular weight is 286 g/mol. The number of carbonyl (C=O) groups excluding carboxylic acids is 1. The first-order chi connectivity index (χ1) is 10.3. The molecule has 0 aromatic heterocycles. The molecule has 1 aliphatic carbocycles. The van der Waals surface area contributed by atoms with Crippen molar-refractivity contribution in [3.05, 3.63) is 35.4 Å². The van der Waals surface area contributed by atoms with Gasteiger partial charge in [0.2, 0.25) is 5.91 Å². The van der Waals surface area contributed by atoms with Gasteiger partial charge in [0.1, 0.15) is 0 Å². The van der Waals surface area contributed by atoms with Crippen molar-refractivity contribution in [2.45, 2.75) is 51.0 Å². The van der Waals surface area contributed by atoms with Crippen LogP contribution in [0.2, 0.25) is 0 Å². The van der Waals surface area contributed by atoms with Crippen molar-refractivity contribution < 1.29 is 4.79 Å². The minimum atomic E-state index is 0.311. The summed E-state index contributed by atoms with van der Waals surface area (Å²) in [5, 5.41) is 3.39. The predicted octanol–water partition coefficient (Wildman–Crippen LogP) is 3.06. The molecule has 2 fully saturated rings. The van der Waals surface area contributed by atoms with Crippen molar-refractivity contribution >= 4 is 5.91 Å². The minimum absolute atomic E-state index is 0.311. The van der Waals surface area contributed by atoms with Gasteiger partial charge >= 0.3 is 0 Å². The Morgan fingerprint density at radius 2 is 1.81 bits per heavy atom. The number of benzene rings is 1. The van der Waals surface area contributed by atoms with E-state index in [-0.39, 0.29) is 0 Å². The first-order valence-electron chi connectivity index (χ1n) is 8.40. The van der Waals surface area contributed by atoms with Crippen LogP contribution in [0.3, 0.4) is 0 Å². The van der Waals surface area contributed by atoms with Gasteiger partial charge in [-0.15, -0.1) is 0 Å². The zero-order valence-corrected chi connectivity index (χ0v) is 12.8. The first kappa shape index (κ1) is 14.6. The smallest absolute Gasteiger partial charge is 0.223 e. The molecule has 1 aromatic carbocycles. The maximum absolute atomic E-state index is 12.0. The second-order valence-corrected chi connectivity index (χ2v) is 6.38. The first-order valence-corrected chi connectivity index (χ1v) is 8.40. The Balaban J connectivity index is 1.34. The minimum Gasteiger partial charge on any atom is -0.343 e. The summed E-state index contributed by atoms with van der Waals surface area (Å²) < 4.78 is 0. The number of piperidine rings is 1. The van der Waals surface area contributed by atoms with E-state index in [4.69, 9.17) is 0 Å². The zero-order chi connectivity index (χ0) is 14.5. The van der Waals surface area contributed by atoms with Crippen LogP contribution < -0.4 is 5.32 Å². The summed E-state index contributed by atoms with van der Waals surface area (Å²) in [6, 6.07) is 8.95. The molecule has 1 saturated heterocycles. The van der Waals surface area contributed by atoms with Gasteiger partial charge in [0, 0.05) is 32.6 Å². The summed E-state index contributed by atoms with van der Waals surface area (Å²) in [4.78, 5) is 14.0. The lowest BCUT2D eigenvalue weighted by Gasteiger charge is -2.26. The van der Waals surface area contributed by atoms with Gasteiger partial charge in [0.05, 0.1) is 0 Å². The van der Waals surface area contributed by atoms with Crippen LogP contribution >= 0.6 is 0 Å². The third kappa shape index (κ3) is 4.31. The predicted molar refractivity (Wildman–Crippen MR) is 85.2 cm³/mol. The molecule has 0 unspecified atom stereocenters. The van der Waals surface area contributed by atoms with E-state index in [1.165, 1.54) is 43.2 Å². The number of rotatable bonds is 6. The van der Waals surface area contributed by atoms with Crippen LogP contribution in [0.1, 0.15) is 55.6 Å². The quantitative estimate of drug-likeness (QED) is 0.815. The highest BCUT2D eigenvalue weighted by Crippen LogP contribution is 2.39. The molecule has 1 saturated carbocycles. The highest BCUT2D eigenvalue weighted by Gasteiger charge is 2.22. The topological polar surface area (TPSA) is 32.3 Å². The third-order valence-corrected chi connectivity index (χ3v) is 4.58. The summed E-state index contributed by atoms with van der Waals surface area (Å²) in [6.45, 7) is 3.56. The van der Waals surface area contributed by atoms with E-state index in [2.05, 4.69) is 29.6 Å². The Bertz CT molecular complexity index is 459. The lowest BCUT2D eigenvalue weighted by atomic mass is 10.1. The summed E-state index contributed by atoms with van der Waals surface area (Å²) in [5.74, 6) is 1.14. The molecule has 21 heavy (non-hydrogen) atoms. The van der Waals surface area contributed by atoms with Crippen LogP contribution in [0.15, 0.2) is 24.3 Å². The fourth-order valence-electron chi connectivity index (χ4n) is 3.05. The van der Waals surface area contributed by atoms with Crippen molar-refractivity contribution in [2.75, 3.05) is 19.6 Å². The zero-order valence-electron chi connectivity index (χ0n) is 12.8. The molecular formula is C18H26N2O. The molecule has 0 spiro atoms. The Morgan fingerprint density at radius 3 is 2.48 bits per heavy atom. The molecular weight excluding hydrogens is 260 g/mol. The molecule has 0 bridgehead atoms. The van der Waals surface area contributed by atoms with Gasteiger partial charge in [-0.25, -0.2) is 0 Å². The number of carbonyl (C=O) groups is 1. The molecule has 1 N–H and O–H groups in total. The van der Waals surface area contributed by atoms with Crippen LogP contribution in [0.4, 0.5) is 0 Å². The van der Waals surface area contributed by atoms with Gasteiger partial charge < -0.3 is 10.2 Å². The molecule has 114 valence electrons. The standard InChI is InChI=1S/C18H26N2O/c21-18(20-12-2-1-3-13-20)10-11-19-14-15-4-6-16(7-5-15)17-8-9-17/h4-7,17,19H,1-3,8-14H2. The Morgan fingerprint density at radius 1 is 1.10 bits per heavy atom. The molecule has 1 heterocycles. The maximum Gasteiger partial charge on any atom is 0.223 e. The van der Waals surface area contributed by atoms with Crippen molar-refractivity contribution in [3.8, 4) is 0 Å². The number of likely N-dealkylation sites (tertiary alicyclic amines) is 1. The second-order valence-electron chi connectivity index (χ2n) is 6.38. The number of hydrogen-bond acceptors (Lipinski definition) is 2. The van der Waals surface area contributed by atoms with Gasteiger partial charge in [0.25, 0.3) is 0 Å². The lowest BCUT2D eigenvalue weighted by Crippen LogP contribution is -2.37. The van der Waals surface area contributed by atoms with Crippen molar-refractivity contribution in [1.82, 2.24) is 10.2 Å². The highest BCUT2D eigenvalue weighted by molar-refractivity contribution is 5.76. The fourth-order valence-corrected chi connectivity index (χ4v) is 3.05. The van der Waals surface area contributed by atoms with Crippen LogP contribution in [0.25, 0.3) is 0 Å². The molecule has 0 atom stereocenters. The molecule has 3 rings (SSSR count). The number of hydrogen-bond donors (Lipinski definition) is 1. The molecule has 0 radical (unpaired) electrons. The number of amides is 1. The summed E-state index contributed by atoms with van der Waals surface area (Å²) in [6.07, 6.45) is 6.96. The lowest BCUT2D eigenvalue weighted by molar-refractivity contribution is -0.131. The van der Waals surface area contributed by atoms with Gasteiger partial charge in [-0.2, -0.15) is 0 Å². The normalized spacial score (nSPS) is 18.8. The monoisotopic (exact) mass is 286 g/mol. The Labute approximate surface area is 127 Å². The fraction of sp³-hybridized carbons (Fsp3) is 0.611. The average Bonchev–Trinajstić information content (AvgIpc) is 3.38. The van der Waals surface area contributed by atoms with E-state index >= 15 is 0 Å². The Hall–Kier alpha value is -1.35. The maximum atomic E-state index is 12.0. The van der Waals surface area contributed by atoms with Gasteiger partial charge in [0.15, 0.2) is 0 Å². The van der Waals surface area contributed by atoms with E-state index in [9.17, 15) is 4.79 Å². The molecule has 3 nitrogen and oxygen atoms in total. The van der Waals surface area contributed by atoms with Crippen LogP contribution in [0.5, 0.6) is 0 Å². The largest absolute Gasteiger partial charge is 0.343 e. The summed E-state index contributed by atoms with van der Waals surface area (Å²) >= 11 is 0. The second kappa shape index (κ2) is 7.08. The Kier molecular flexibility index (Phi) is 4.91. The van der Waals surface area contributed by atoms with E-state index < -0.39 is 0 Å². The van der Waals surface area contributed by atoms with Crippen LogP contribution in [-0.2, 0) is 11.3 Å². The van der Waals surface area contributed by atoms with Crippen molar-refractivity contribution in [2.24, 2.45) is 0 Å². The molecule has 1 amide bonds. The van der Waals surface area contributed by atoms with Gasteiger partial charge in [-0.05, 0) is 49.1 Å². The number of nitrogens with one attached hydrogen (secondary N) is 1. The molecule has 3 heteroatoms. The summed E-state index contributed by atoms with van der Waals surface area (Å²) in [7, 11) is 0. The van der Waals surface area contributed by atoms with Crippen LogP contribution in [-0.4, -0.2) is 30.4 Å². The van der Waals surface area contributed by atoms with Gasteiger partial charge in [-0.1, -0.05) is 24.3 Å². The third-order valence-electron chi connectivity index (χ3n) is 4.58. The summed E-state index contributed by atoms with van der Waals surface area (Å²) in [5.41, 5.74) is 2.80. The number of nitrogens with zero attached hydrogens (tertiary/aromatic N) is 1. The van der Waals surface area contributed by atoms with Crippen LogP contribution in [0, 0.1) is 0 Å². The van der Waals surface area contributed by atoms with E-state index in [1.54, 1.807) is 0 Å². The van der Waals surface area contributed by atoms with E-state index in [0.29, 0.717) is 12.3 Å². The highest BCUT2D eigenvalue weighted by atomic mass is 16.2.